The molecule has 0 spiro atoms. The van der Waals surface area contributed by atoms with Crippen molar-refractivity contribution in [2.75, 3.05) is 0 Å². The molecular weight excluding hydrogens is 1000 g/mol. The van der Waals surface area contributed by atoms with Crippen LogP contribution in [0.25, 0.3) is 53.0 Å². The van der Waals surface area contributed by atoms with Gasteiger partial charge in [0.2, 0.25) is 0 Å². The largest absolute Gasteiger partial charge is 0.444 e. The Hall–Kier alpha value is -7.37. The average molecular weight is 1040 g/mol. The molecule has 0 bridgehead atoms. The van der Waals surface area contributed by atoms with E-state index in [0.29, 0.717) is 82.9 Å². The number of aromatic nitrogens is 3. The van der Waals surface area contributed by atoms with Gasteiger partial charge in [0.15, 0.2) is 0 Å². The second-order valence-electron chi connectivity index (χ2n) is 16.8. The van der Waals surface area contributed by atoms with E-state index in [0.717, 1.165) is 38.9 Å². The molecule has 5 heterocycles. The maximum atomic E-state index is 15.2. The summed E-state index contributed by atoms with van der Waals surface area (Å²) in [5.74, 6) is 0. The first kappa shape index (κ1) is 44.8. The minimum Gasteiger partial charge on any atom is -0.444 e. The quantitative estimate of drug-likeness (QED) is 0.0832. The second-order valence-corrected chi connectivity index (χ2v) is 20.5. The number of hydrogen-bond acceptors (Lipinski definition) is 12. The van der Waals surface area contributed by atoms with Crippen LogP contribution in [0, 0.1) is 0 Å². The van der Waals surface area contributed by atoms with E-state index in [1.54, 1.807) is 0 Å². The zero-order valence-electron chi connectivity index (χ0n) is 37.0. The molecule has 9 nitrogen and oxygen atoms in total. The molecule has 0 saturated carbocycles. The molecule has 0 aliphatic heterocycles. The van der Waals surface area contributed by atoms with Crippen LogP contribution in [0.1, 0.15) is 50.3 Å². The van der Waals surface area contributed by atoms with E-state index < -0.39 is 18.3 Å². The van der Waals surface area contributed by atoms with Crippen molar-refractivity contribution in [1.29, 1.82) is 0 Å². The van der Waals surface area contributed by atoms with Crippen LogP contribution < -0.4 is 0 Å². The van der Waals surface area contributed by atoms with Gasteiger partial charge in [-0.05, 0) is 41.0 Å². The van der Waals surface area contributed by atoms with Crippen molar-refractivity contribution in [3.63, 3.8) is 0 Å². The highest BCUT2D eigenvalue weighted by molar-refractivity contribution is 7.84. The molecular formula is C56H33N3O6S6. The highest BCUT2D eigenvalue weighted by Crippen LogP contribution is 2.49. The molecule has 2 aliphatic carbocycles. The molecule has 0 amide bonds. The van der Waals surface area contributed by atoms with Crippen molar-refractivity contribution in [1.82, 2.24) is 13.7 Å². The van der Waals surface area contributed by atoms with Crippen LogP contribution in [0.2, 0.25) is 0 Å². The number of carbonyl (C=O) groups excluding carboxylic acids is 3. The highest BCUT2D eigenvalue weighted by atomic mass is 32.1. The molecule has 71 heavy (non-hydrogen) atoms. The lowest BCUT2D eigenvalue weighted by molar-refractivity contribution is 0.141. The smallest absolute Gasteiger partial charge is 0.419 e. The Morgan fingerprint density at radius 1 is 0.408 bits per heavy atom. The molecule has 0 atom stereocenters. The van der Waals surface area contributed by atoms with Gasteiger partial charge in [0, 0.05) is 33.4 Å². The fourth-order valence-corrected chi connectivity index (χ4v) is 13.3. The number of benzene rings is 5. The monoisotopic (exact) mass is 1040 g/mol. The van der Waals surface area contributed by atoms with Crippen LogP contribution in [-0.2, 0) is 34.0 Å². The number of ether oxygens (including phenoxy) is 3. The fourth-order valence-electron chi connectivity index (χ4n) is 9.22. The Balaban J connectivity index is 1.10. The van der Waals surface area contributed by atoms with Crippen LogP contribution in [0.3, 0.4) is 0 Å². The first-order valence-corrected chi connectivity index (χ1v) is 25.5. The Bertz CT molecular complexity index is 3720. The fraction of sp³-hybridized carbons (Fsp3) is 0.0536. The highest BCUT2D eigenvalue weighted by Gasteiger charge is 2.34. The van der Waals surface area contributed by atoms with Gasteiger partial charge >= 0.3 is 18.3 Å². The van der Waals surface area contributed by atoms with Gasteiger partial charge in [0.1, 0.15) is 19.8 Å². The summed E-state index contributed by atoms with van der Waals surface area (Å²) in [6, 6.07) is 47.3. The lowest BCUT2D eigenvalue weighted by Gasteiger charge is -2.12. The number of carbonyl (C=O) groups is 3. The van der Waals surface area contributed by atoms with Crippen LogP contribution in [0.4, 0.5) is 14.4 Å². The third-order valence-electron chi connectivity index (χ3n) is 12.5. The number of allylic oxidation sites excluding steroid dienone is 2. The van der Waals surface area contributed by atoms with Crippen LogP contribution in [0.5, 0.6) is 0 Å². The maximum absolute atomic E-state index is 15.2. The predicted octanol–water partition coefficient (Wildman–Crippen LogP) is 14.4. The number of thiocarbonyl (C=S) groups is 4. The summed E-state index contributed by atoms with van der Waals surface area (Å²) >= 11 is 26.8. The van der Waals surface area contributed by atoms with E-state index in [1.165, 1.54) is 36.4 Å². The van der Waals surface area contributed by atoms with Gasteiger partial charge in [0.05, 0.1) is 71.7 Å². The SMILES string of the molecule is O=C(OCc1ccccc1)n1c(C=C2C(=S)c3ccccc3C2=S)cc2sc3c4sc5cc(C=C6C(=S)c7ccccc7C6=S)n(C(=O)OCc6ccccc6)c5c4n(C(=O)OCc4ccccc4)c3c21. The Morgan fingerprint density at radius 2 is 0.704 bits per heavy atom. The van der Waals surface area contributed by atoms with E-state index in [4.69, 9.17) is 63.1 Å². The third-order valence-corrected chi connectivity index (χ3v) is 16.7. The molecule has 5 aromatic heterocycles. The molecule has 344 valence electrons. The standard InChI is InChI=1S/C56H33N3O6S6/c60-54(63-28-31-14-4-1-5-15-31)57-34(24-40-48(66)36-20-10-11-21-37(36)49(40)67)26-42-44(57)46-52(70-42)53-47(59(46)56(62)65-30-33-18-8-3-9-19-33)45-43(71-53)27-35(58(45)55(61)64-29-32-16-6-2-7-17-32)25-41-50(68)38-22-12-13-23-39(38)51(41)69/h1-27H,28-30H2. The van der Waals surface area contributed by atoms with Gasteiger partial charge in [-0.1, -0.05) is 188 Å². The molecule has 0 radical (unpaired) electrons. The molecule has 10 aromatic rings. The number of nitrogens with zero attached hydrogens (tertiary/aromatic N) is 3. The summed E-state index contributed by atoms with van der Waals surface area (Å²) in [4.78, 5) is 47.1. The molecule has 0 N–H and O–H groups in total. The van der Waals surface area contributed by atoms with Gasteiger partial charge in [0.25, 0.3) is 0 Å². The molecule has 0 saturated heterocycles. The molecule has 0 fully saturated rings. The third kappa shape index (κ3) is 7.64. The van der Waals surface area contributed by atoms with Gasteiger partial charge < -0.3 is 14.2 Å². The summed E-state index contributed by atoms with van der Waals surface area (Å²) in [5, 5.41) is 0. The van der Waals surface area contributed by atoms with Crippen molar-refractivity contribution in [3.05, 3.63) is 213 Å². The zero-order chi connectivity index (χ0) is 48.5. The molecule has 12 rings (SSSR count). The lowest BCUT2D eigenvalue weighted by Crippen LogP contribution is -2.18. The van der Waals surface area contributed by atoms with Gasteiger partial charge in [-0.2, -0.15) is 0 Å². The number of rotatable bonds is 8. The average Bonchev–Trinajstić information content (AvgIpc) is 4.26. The summed E-state index contributed by atoms with van der Waals surface area (Å²) in [7, 11) is 0. The van der Waals surface area contributed by atoms with Gasteiger partial charge in [-0.25, -0.2) is 28.1 Å². The minimum absolute atomic E-state index is 0.0183. The Labute approximate surface area is 434 Å². The first-order chi connectivity index (χ1) is 34.6. The second kappa shape index (κ2) is 18.1. The molecule has 0 unspecified atom stereocenters. The van der Waals surface area contributed by atoms with Gasteiger partial charge in [-0.3, -0.25) is 0 Å². The van der Waals surface area contributed by atoms with Crippen molar-refractivity contribution < 1.29 is 28.6 Å². The van der Waals surface area contributed by atoms with Crippen molar-refractivity contribution >= 4 is 162 Å². The Morgan fingerprint density at radius 3 is 1.03 bits per heavy atom. The van der Waals surface area contributed by atoms with Crippen LogP contribution in [0.15, 0.2) is 163 Å². The lowest BCUT2D eigenvalue weighted by atomic mass is 10.1. The topological polar surface area (TPSA) is 93.7 Å². The normalized spacial score (nSPS) is 13.2. The maximum Gasteiger partial charge on any atom is 0.419 e. The Kier molecular flexibility index (Phi) is 11.4. The zero-order valence-corrected chi connectivity index (χ0v) is 41.8. The number of fused-ring (bicyclic) bond motifs is 9. The van der Waals surface area contributed by atoms with Crippen LogP contribution in [-0.4, -0.2) is 51.4 Å². The van der Waals surface area contributed by atoms with E-state index in [9.17, 15) is 9.59 Å². The molecule has 5 aromatic carbocycles. The van der Waals surface area contributed by atoms with Crippen molar-refractivity contribution in [3.8, 4) is 0 Å². The van der Waals surface area contributed by atoms with E-state index in [-0.39, 0.29) is 19.8 Å². The summed E-state index contributed by atoms with van der Waals surface area (Å²) in [5.41, 5.74) is 9.44. The van der Waals surface area contributed by atoms with E-state index >= 15 is 4.79 Å². The van der Waals surface area contributed by atoms with E-state index in [1.807, 2.05) is 164 Å². The van der Waals surface area contributed by atoms with Gasteiger partial charge in [-0.15, -0.1) is 22.7 Å². The molecule has 2 aliphatic rings. The van der Waals surface area contributed by atoms with Crippen LogP contribution >= 0.6 is 71.5 Å². The summed E-state index contributed by atoms with van der Waals surface area (Å²) in [6.07, 6.45) is 1.53. The summed E-state index contributed by atoms with van der Waals surface area (Å²) in [6.45, 7) is -0.0908. The predicted molar refractivity (Wildman–Crippen MR) is 298 cm³/mol. The minimum atomic E-state index is -0.730. The summed E-state index contributed by atoms with van der Waals surface area (Å²) < 4.78 is 25.6. The number of thiophene rings is 2. The number of hydrogen-bond donors (Lipinski definition) is 0. The first-order valence-electron chi connectivity index (χ1n) is 22.2. The molecule has 15 heteroatoms. The van der Waals surface area contributed by atoms with Crippen molar-refractivity contribution in [2.24, 2.45) is 0 Å². The van der Waals surface area contributed by atoms with Crippen molar-refractivity contribution in [2.45, 2.75) is 19.8 Å². The van der Waals surface area contributed by atoms with E-state index in [2.05, 4.69) is 0 Å².